The van der Waals surface area contributed by atoms with E-state index in [1.165, 1.54) is 5.56 Å². The van der Waals surface area contributed by atoms with Crippen LogP contribution >= 0.6 is 0 Å². The van der Waals surface area contributed by atoms with E-state index in [4.69, 9.17) is 9.47 Å². The molecule has 1 unspecified atom stereocenters. The van der Waals surface area contributed by atoms with Crippen LogP contribution in [0.15, 0.2) is 18.2 Å². The largest absolute Gasteiger partial charge is 0.484 e. The number of aryl methyl sites for hydroxylation is 2. The minimum atomic E-state index is -0.291. The normalized spacial score (nSPS) is 20.8. The lowest BCUT2D eigenvalue weighted by atomic mass is 10.0. The molecular formula is C18H27NO3. The van der Waals surface area contributed by atoms with Gasteiger partial charge in [0.2, 0.25) is 0 Å². The lowest BCUT2D eigenvalue weighted by Gasteiger charge is -2.43. The molecule has 1 heterocycles. The lowest BCUT2D eigenvalue weighted by Crippen LogP contribution is -2.56. The Morgan fingerprint density at radius 2 is 2.14 bits per heavy atom. The van der Waals surface area contributed by atoms with Gasteiger partial charge in [0, 0.05) is 6.54 Å². The summed E-state index contributed by atoms with van der Waals surface area (Å²) in [6.07, 6.45) is 0.894. The standard InChI is InChI=1S/C18H27NO3/c1-6-15-10-22-18(4,5)12-19(15)17(20)11-21-16-8-7-13(2)9-14(16)3/h7-9,15H,6,10-12H2,1-5H3. The first-order valence-electron chi connectivity index (χ1n) is 7.96. The summed E-state index contributed by atoms with van der Waals surface area (Å²) in [4.78, 5) is 14.5. The Morgan fingerprint density at radius 3 is 2.77 bits per heavy atom. The van der Waals surface area contributed by atoms with E-state index in [2.05, 4.69) is 13.0 Å². The van der Waals surface area contributed by atoms with Crippen molar-refractivity contribution in [3.63, 3.8) is 0 Å². The topological polar surface area (TPSA) is 38.8 Å². The molecular weight excluding hydrogens is 278 g/mol. The summed E-state index contributed by atoms with van der Waals surface area (Å²) < 4.78 is 11.5. The highest BCUT2D eigenvalue weighted by atomic mass is 16.5. The predicted octanol–water partition coefficient (Wildman–Crippen LogP) is 3.10. The van der Waals surface area contributed by atoms with Gasteiger partial charge >= 0.3 is 0 Å². The number of amides is 1. The maximum absolute atomic E-state index is 12.6. The molecule has 0 bridgehead atoms. The van der Waals surface area contributed by atoms with Crippen molar-refractivity contribution < 1.29 is 14.3 Å². The molecule has 1 amide bonds. The number of carbonyl (C=O) groups excluding carboxylic acids is 1. The van der Waals surface area contributed by atoms with Crippen molar-refractivity contribution in [1.29, 1.82) is 0 Å². The number of ether oxygens (including phenoxy) is 2. The first-order chi connectivity index (χ1) is 10.3. The second kappa shape index (κ2) is 6.69. The van der Waals surface area contributed by atoms with Gasteiger partial charge in [-0.25, -0.2) is 0 Å². The molecule has 0 radical (unpaired) electrons. The summed E-state index contributed by atoms with van der Waals surface area (Å²) in [5, 5.41) is 0. The zero-order chi connectivity index (χ0) is 16.3. The summed E-state index contributed by atoms with van der Waals surface area (Å²) >= 11 is 0. The van der Waals surface area contributed by atoms with Gasteiger partial charge in [-0.1, -0.05) is 24.6 Å². The summed E-state index contributed by atoms with van der Waals surface area (Å²) in [6.45, 7) is 11.4. The van der Waals surface area contributed by atoms with E-state index in [-0.39, 0.29) is 24.2 Å². The van der Waals surface area contributed by atoms with Crippen LogP contribution < -0.4 is 4.74 Å². The Bertz CT molecular complexity index is 539. The molecule has 4 heteroatoms. The fourth-order valence-electron chi connectivity index (χ4n) is 2.81. The molecule has 1 aliphatic rings. The van der Waals surface area contributed by atoms with E-state index >= 15 is 0 Å². The second-order valence-corrected chi connectivity index (χ2v) is 6.71. The summed E-state index contributed by atoms with van der Waals surface area (Å²) in [7, 11) is 0. The Kier molecular flexibility index (Phi) is 5.12. The van der Waals surface area contributed by atoms with Crippen LogP contribution in [0.1, 0.15) is 38.3 Å². The van der Waals surface area contributed by atoms with Crippen molar-refractivity contribution in [3.05, 3.63) is 29.3 Å². The highest BCUT2D eigenvalue weighted by Gasteiger charge is 2.35. The van der Waals surface area contributed by atoms with Crippen LogP contribution in [0.2, 0.25) is 0 Å². The Balaban J connectivity index is 2.00. The van der Waals surface area contributed by atoms with Crippen LogP contribution in [0.5, 0.6) is 5.75 Å². The fourth-order valence-corrected chi connectivity index (χ4v) is 2.81. The molecule has 0 N–H and O–H groups in total. The van der Waals surface area contributed by atoms with E-state index in [0.29, 0.717) is 13.2 Å². The van der Waals surface area contributed by atoms with Crippen molar-refractivity contribution in [1.82, 2.24) is 4.90 Å². The zero-order valence-electron chi connectivity index (χ0n) is 14.3. The second-order valence-electron chi connectivity index (χ2n) is 6.71. The van der Waals surface area contributed by atoms with Crippen molar-refractivity contribution in [2.75, 3.05) is 19.8 Å². The van der Waals surface area contributed by atoms with Gasteiger partial charge in [0.25, 0.3) is 5.91 Å². The first kappa shape index (κ1) is 16.8. The molecule has 22 heavy (non-hydrogen) atoms. The Labute approximate surface area is 133 Å². The third-order valence-corrected chi connectivity index (χ3v) is 4.13. The fraction of sp³-hybridized carbons (Fsp3) is 0.611. The van der Waals surface area contributed by atoms with E-state index in [1.807, 2.05) is 44.7 Å². The molecule has 2 rings (SSSR count). The SMILES string of the molecule is CCC1COC(C)(C)CN1C(=O)COc1ccc(C)cc1C. The number of carbonyl (C=O) groups is 1. The van der Waals surface area contributed by atoms with Gasteiger partial charge < -0.3 is 14.4 Å². The van der Waals surface area contributed by atoms with Crippen LogP contribution in [0.4, 0.5) is 0 Å². The number of benzene rings is 1. The molecule has 122 valence electrons. The maximum Gasteiger partial charge on any atom is 0.260 e. The number of nitrogens with zero attached hydrogens (tertiary/aromatic N) is 1. The lowest BCUT2D eigenvalue weighted by molar-refractivity contribution is -0.157. The van der Waals surface area contributed by atoms with Gasteiger partial charge in [0.15, 0.2) is 6.61 Å². The van der Waals surface area contributed by atoms with Gasteiger partial charge in [-0.3, -0.25) is 4.79 Å². The molecule has 0 aromatic heterocycles. The Morgan fingerprint density at radius 1 is 1.41 bits per heavy atom. The van der Waals surface area contributed by atoms with Crippen LogP contribution in [-0.2, 0) is 9.53 Å². The minimum absolute atomic E-state index is 0.0307. The number of hydrogen-bond donors (Lipinski definition) is 0. The van der Waals surface area contributed by atoms with Gasteiger partial charge in [-0.05, 0) is 45.7 Å². The Hall–Kier alpha value is -1.55. The minimum Gasteiger partial charge on any atom is -0.484 e. The monoisotopic (exact) mass is 305 g/mol. The number of morpholine rings is 1. The van der Waals surface area contributed by atoms with Crippen LogP contribution in [0, 0.1) is 13.8 Å². The molecule has 0 saturated carbocycles. The smallest absolute Gasteiger partial charge is 0.260 e. The van der Waals surface area contributed by atoms with Crippen molar-refractivity contribution in [2.45, 2.75) is 52.7 Å². The maximum atomic E-state index is 12.6. The molecule has 1 aliphatic heterocycles. The van der Waals surface area contributed by atoms with Crippen molar-refractivity contribution in [3.8, 4) is 5.75 Å². The average molecular weight is 305 g/mol. The van der Waals surface area contributed by atoms with Crippen molar-refractivity contribution >= 4 is 5.91 Å². The van der Waals surface area contributed by atoms with Gasteiger partial charge in [-0.2, -0.15) is 0 Å². The molecule has 0 spiro atoms. The van der Waals surface area contributed by atoms with Gasteiger partial charge in [0.1, 0.15) is 5.75 Å². The van der Waals surface area contributed by atoms with Crippen LogP contribution in [-0.4, -0.2) is 42.2 Å². The van der Waals surface area contributed by atoms with Gasteiger partial charge in [0.05, 0.1) is 18.2 Å². The third kappa shape index (κ3) is 4.01. The molecule has 0 aliphatic carbocycles. The predicted molar refractivity (Wildman–Crippen MR) is 87.2 cm³/mol. The molecule has 1 fully saturated rings. The molecule has 1 aromatic carbocycles. The zero-order valence-corrected chi connectivity index (χ0v) is 14.3. The molecule has 1 saturated heterocycles. The highest BCUT2D eigenvalue weighted by Crippen LogP contribution is 2.23. The number of hydrogen-bond acceptors (Lipinski definition) is 3. The van der Waals surface area contributed by atoms with E-state index in [1.54, 1.807) is 0 Å². The summed E-state index contributed by atoms with van der Waals surface area (Å²) in [5.74, 6) is 0.808. The molecule has 1 atom stereocenters. The van der Waals surface area contributed by atoms with Gasteiger partial charge in [-0.15, -0.1) is 0 Å². The van der Waals surface area contributed by atoms with E-state index < -0.39 is 0 Å². The molecule has 4 nitrogen and oxygen atoms in total. The quantitative estimate of drug-likeness (QED) is 0.858. The van der Waals surface area contributed by atoms with Crippen LogP contribution in [0.3, 0.4) is 0 Å². The van der Waals surface area contributed by atoms with E-state index in [0.717, 1.165) is 17.7 Å². The average Bonchev–Trinajstić information content (AvgIpc) is 2.45. The third-order valence-electron chi connectivity index (χ3n) is 4.13. The summed E-state index contributed by atoms with van der Waals surface area (Å²) in [6, 6.07) is 6.13. The van der Waals surface area contributed by atoms with Crippen molar-refractivity contribution in [2.24, 2.45) is 0 Å². The molecule has 1 aromatic rings. The van der Waals surface area contributed by atoms with E-state index in [9.17, 15) is 4.79 Å². The highest BCUT2D eigenvalue weighted by molar-refractivity contribution is 5.78. The number of rotatable bonds is 4. The first-order valence-corrected chi connectivity index (χ1v) is 7.96. The summed E-state index contributed by atoms with van der Waals surface area (Å²) in [5.41, 5.74) is 1.96. The van der Waals surface area contributed by atoms with Crippen LogP contribution in [0.25, 0.3) is 0 Å².